The quantitative estimate of drug-likeness (QED) is 0.852. The third-order valence-electron chi connectivity index (χ3n) is 3.46. The lowest BCUT2D eigenvalue weighted by atomic mass is 10.1. The predicted octanol–water partition coefficient (Wildman–Crippen LogP) is 4.29. The Labute approximate surface area is 121 Å². The highest BCUT2D eigenvalue weighted by Crippen LogP contribution is 2.41. The maximum atomic E-state index is 12.9. The van der Waals surface area contributed by atoms with Gasteiger partial charge in [0, 0.05) is 0 Å². The largest absolute Gasteiger partial charge is 0.434 e. The molecule has 3 nitrogen and oxygen atoms in total. The monoisotopic (exact) mass is 345 g/mol. The molecule has 20 heavy (non-hydrogen) atoms. The van der Waals surface area contributed by atoms with Crippen LogP contribution in [0.3, 0.4) is 0 Å². The van der Waals surface area contributed by atoms with Crippen LogP contribution >= 0.6 is 15.9 Å². The molecule has 0 radical (unpaired) electrons. The molecule has 1 aliphatic rings. The number of rotatable bonds is 2. The van der Waals surface area contributed by atoms with Crippen LogP contribution < -0.4 is 5.32 Å². The summed E-state index contributed by atoms with van der Waals surface area (Å²) in [6.45, 7) is 0. The van der Waals surface area contributed by atoms with Gasteiger partial charge in [-0.2, -0.15) is 18.3 Å². The predicted molar refractivity (Wildman–Crippen MR) is 72.4 cm³/mol. The van der Waals surface area contributed by atoms with Gasteiger partial charge in [-0.25, -0.2) is 0 Å². The van der Waals surface area contributed by atoms with E-state index in [9.17, 15) is 13.2 Å². The molecule has 3 rings (SSSR count). The van der Waals surface area contributed by atoms with Gasteiger partial charge < -0.3 is 5.32 Å². The number of fused-ring (bicyclic) bond motifs is 1. The molecule has 2 N–H and O–H groups in total. The molecule has 0 aliphatic heterocycles. The number of aryl methyl sites for hydroxylation is 1. The van der Waals surface area contributed by atoms with Gasteiger partial charge in [0.05, 0.1) is 6.04 Å². The van der Waals surface area contributed by atoms with E-state index < -0.39 is 11.9 Å². The number of alkyl halides is 3. The summed E-state index contributed by atoms with van der Waals surface area (Å²) < 4.78 is 38.8. The molecule has 0 spiro atoms. The topological polar surface area (TPSA) is 40.7 Å². The first-order chi connectivity index (χ1) is 9.47. The maximum absolute atomic E-state index is 12.9. The molecule has 2 aromatic rings. The molecule has 1 aromatic heterocycles. The summed E-state index contributed by atoms with van der Waals surface area (Å²) in [6, 6.07) is 7.67. The average molecular weight is 346 g/mol. The first-order valence-electron chi connectivity index (χ1n) is 6.12. The standard InChI is InChI=1S/C13H11BrF3N3/c14-12-10(11(19-20-12)13(15,16)17)18-9-6-5-7-3-1-2-4-8(7)9/h1-4,9,18H,5-6H2,(H,19,20). The maximum Gasteiger partial charge on any atom is 0.434 e. The zero-order valence-corrected chi connectivity index (χ0v) is 11.8. The van der Waals surface area contributed by atoms with Crippen molar-refractivity contribution in [3.8, 4) is 0 Å². The van der Waals surface area contributed by atoms with Gasteiger partial charge in [-0.1, -0.05) is 24.3 Å². The van der Waals surface area contributed by atoms with E-state index in [0.717, 1.165) is 18.4 Å². The summed E-state index contributed by atoms with van der Waals surface area (Å²) in [5.41, 5.74) is 1.35. The van der Waals surface area contributed by atoms with Crippen molar-refractivity contribution in [1.82, 2.24) is 10.2 Å². The van der Waals surface area contributed by atoms with Crippen molar-refractivity contribution < 1.29 is 13.2 Å². The second-order valence-electron chi connectivity index (χ2n) is 4.70. The Morgan fingerprint density at radius 2 is 2.05 bits per heavy atom. The van der Waals surface area contributed by atoms with E-state index in [1.165, 1.54) is 5.56 Å². The van der Waals surface area contributed by atoms with Gasteiger partial charge in [0.1, 0.15) is 5.69 Å². The fourth-order valence-corrected chi connectivity index (χ4v) is 2.94. The van der Waals surface area contributed by atoms with Gasteiger partial charge in [0.15, 0.2) is 10.3 Å². The summed E-state index contributed by atoms with van der Waals surface area (Å²) >= 11 is 3.05. The van der Waals surface area contributed by atoms with Gasteiger partial charge in [-0.15, -0.1) is 0 Å². The molecule has 1 unspecified atom stereocenters. The number of halogens is 4. The molecular weight excluding hydrogens is 335 g/mol. The van der Waals surface area contributed by atoms with E-state index in [0.29, 0.717) is 0 Å². The van der Waals surface area contributed by atoms with Crippen molar-refractivity contribution in [2.24, 2.45) is 0 Å². The van der Waals surface area contributed by atoms with E-state index in [1.54, 1.807) is 0 Å². The van der Waals surface area contributed by atoms with Crippen LogP contribution in [-0.4, -0.2) is 10.2 Å². The highest BCUT2D eigenvalue weighted by atomic mass is 79.9. The fourth-order valence-electron chi connectivity index (χ4n) is 2.54. The van der Waals surface area contributed by atoms with Crippen LogP contribution in [0.5, 0.6) is 0 Å². The van der Waals surface area contributed by atoms with Crippen LogP contribution in [0.2, 0.25) is 0 Å². The zero-order valence-electron chi connectivity index (χ0n) is 10.3. The lowest BCUT2D eigenvalue weighted by Gasteiger charge is -2.16. The smallest absolute Gasteiger partial charge is 0.374 e. The van der Waals surface area contributed by atoms with E-state index in [2.05, 4.69) is 26.3 Å². The zero-order chi connectivity index (χ0) is 14.3. The van der Waals surface area contributed by atoms with Crippen LogP contribution in [0.25, 0.3) is 0 Å². The summed E-state index contributed by atoms with van der Waals surface area (Å²) in [7, 11) is 0. The lowest BCUT2D eigenvalue weighted by molar-refractivity contribution is -0.140. The Balaban J connectivity index is 1.92. The Morgan fingerprint density at radius 3 is 2.80 bits per heavy atom. The minimum Gasteiger partial charge on any atom is -0.374 e. The molecule has 7 heteroatoms. The highest BCUT2D eigenvalue weighted by Gasteiger charge is 2.38. The third kappa shape index (κ3) is 2.30. The normalized spacial score (nSPS) is 18.1. The summed E-state index contributed by atoms with van der Waals surface area (Å²) in [4.78, 5) is 0. The molecule has 1 aliphatic carbocycles. The molecule has 1 aromatic carbocycles. The van der Waals surface area contributed by atoms with Crippen molar-refractivity contribution in [3.63, 3.8) is 0 Å². The van der Waals surface area contributed by atoms with Crippen molar-refractivity contribution in [2.75, 3.05) is 5.32 Å². The Bertz CT molecular complexity index is 636. The van der Waals surface area contributed by atoms with E-state index in [4.69, 9.17) is 0 Å². The number of aromatic amines is 1. The number of anilines is 1. The SMILES string of the molecule is FC(F)(F)c1[nH]nc(Br)c1NC1CCc2ccccc21. The molecule has 0 amide bonds. The Morgan fingerprint density at radius 1 is 1.30 bits per heavy atom. The van der Waals surface area contributed by atoms with Crippen molar-refractivity contribution in [2.45, 2.75) is 25.1 Å². The minimum absolute atomic E-state index is 0.0285. The number of benzene rings is 1. The molecule has 1 atom stereocenters. The van der Waals surface area contributed by atoms with Crippen LogP contribution in [0.1, 0.15) is 29.3 Å². The van der Waals surface area contributed by atoms with Gasteiger partial charge in [0.25, 0.3) is 0 Å². The van der Waals surface area contributed by atoms with Gasteiger partial charge in [0.2, 0.25) is 0 Å². The first kappa shape index (κ1) is 13.5. The van der Waals surface area contributed by atoms with Crippen LogP contribution in [-0.2, 0) is 12.6 Å². The Hall–Kier alpha value is -1.50. The minimum atomic E-state index is -4.46. The summed E-state index contributed by atoms with van der Waals surface area (Å²) in [5, 5.41) is 8.58. The van der Waals surface area contributed by atoms with Gasteiger partial charge in [-0.3, -0.25) is 5.10 Å². The molecule has 0 saturated carbocycles. The number of nitrogens with one attached hydrogen (secondary N) is 2. The lowest BCUT2D eigenvalue weighted by Crippen LogP contribution is -2.13. The number of hydrogen-bond donors (Lipinski definition) is 2. The first-order valence-corrected chi connectivity index (χ1v) is 6.91. The van der Waals surface area contributed by atoms with E-state index in [1.807, 2.05) is 29.4 Å². The van der Waals surface area contributed by atoms with Crippen LogP contribution in [0.15, 0.2) is 28.9 Å². The van der Waals surface area contributed by atoms with Crippen molar-refractivity contribution >= 4 is 21.6 Å². The number of aromatic nitrogens is 2. The van der Waals surface area contributed by atoms with Gasteiger partial charge in [-0.05, 0) is 39.9 Å². The molecule has 1 heterocycles. The second kappa shape index (κ2) is 4.80. The molecular formula is C13H11BrF3N3. The van der Waals surface area contributed by atoms with Crippen molar-refractivity contribution in [1.29, 1.82) is 0 Å². The molecule has 0 fully saturated rings. The molecule has 0 bridgehead atoms. The second-order valence-corrected chi connectivity index (χ2v) is 5.45. The number of H-pyrrole nitrogens is 1. The van der Waals surface area contributed by atoms with Gasteiger partial charge >= 0.3 is 6.18 Å². The average Bonchev–Trinajstić information content (AvgIpc) is 2.95. The fraction of sp³-hybridized carbons (Fsp3) is 0.308. The third-order valence-corrected chi connectivity index (χ3v) is 4.03. The van der Waals surface area contributed by atoms with Crippen molar-refractivity contribution in [3.05, 3.63) is 45.7 Å². The van der Waals surface area contributed by atoms with Crippen LogP contribution in [0.4, 0.5) is 18.9 Å². The molecule has 0 saturated heterocycles. The van der Waals surface area contributed by atoms with E-state index in [-0.39, 0.29) is 16.3 Å². The van der Waals surface area contributed by atoms with Crippen LogP contribution in [0, 0.1) is 0 Å². The number of hydrogen-bond acceptors (Lipinski definition) is 2. The summed E-state index contributed by atoms with van der Waals surface area (Å²) in [6.07, 6.45) is -2.82. The van der Waals surface area contributed by atoms with E-state index >= 15 is 0 Å². The molecule has 106 valence electrons. The highest BCUT2D eigenvalue weighted by molar-refractivity contribution is 9.10. The summed E-state index contributed by atoms with van der Waals surface area (Å²) in [5.74, 6) is 0. The Kier molecular flexibility index (Phi) is 3.24. The number of nitrogens with zero attached hydrogens (tertiary/aromatic N) is 1.